The topological polar surface area (TPSA) is 79.0 Å². The fourth-order valence-corrected chi connectivity index (χ4v) is 2.39. The second kappa shape index (κ2) is 10.0. The molecule has 2 aromatic rings. The van der Waals surface area contributed by atoms with E-state index in [4.69, 9.17) is 9.15 Å². The number of benzene rings is 1. The molecule has 148 valence electrons. The van der Waals surface area contributed by atoms with Crippen LogP contribution in [0.4, 0.5) is 0 Å². The van der Waals surface area contributed by atoms with Gasteiger partial charge in [0.2, 0.25) is 0 Å². The molecule has 0 aliphatic rings. The highest BCUT2D eigenvalue weighted by Crippen LogP contribution is 2.19. The van der Waals surface area contributed by atoms with Gasteiger partial charge >= 0.3 is 0 Å². The lowest BCUT2D eigenvalue weighted by atomic mass is 10.0. The van der Waals surface area contributed by atoms with E-state index in [-0.39, 0.29) is 6.54 Å². The first kappa shape index (κ1) is 20.8. The molecule has 6 nitrogen and oxygen atoms in total. The van der Waals surface area contributed by atoms with Gasteiger partial charge < -0.3 is 24.9 Å². The number of nitrogens with zero attached hydrogens (tertiary/aromatic N) is 1. The maximum absolute atomic E-state index is 10.5. The Morgan fingerprint density at radius 1 is 1.22 bits per heavy atom. The standard InChI is InChI=1S/C21H31N3O3/c1-5-22-20(24-15-21(4,25)19-7-6-12-26-19)23-13-17-8-10-18(11-9-17)27-14-16(2)3/h6-12,16,25H,5,13-15H2,1-4H3,(H2,22,23,24). The monoisotopic (exact) mass is 373 g/mol. The van der Waals surface area contributed by atoms with Crippen molar-refractivity contribution in [3.05, 3.63) is 54.0 Å². The van der Waals surface area contributed by atoms with E-state index in [9.17, 15) is 5.11 Å². The van der Waals surface area contributed by atoms with E-state index in [1.165, 1.54) is 0 Å². The van der Waals surface area contributed by atoms with Crippen molar-refractivity contribution in [1.29, 1.82) is 0 Å². The number of hydrogen-bond acceptors (Lipinski definition) is 4. The molecular weight excluding hydrogens is 342 g/mol. The van der Waals surface area contributed by atoms with Crippen LogP contribution in [0.15, 0.2) is 52.1 Å². The van der Waals surface area contributed by atoms with Gasteiger partial charge in [0.1, 0.15) is 17.1 Å². The average molecular weight is 373 g/mol. The highest BCUT2D eigenvalue weighted by molar-refractivity contribution is 5.79. The van der Waals surface area contributed by atoms with E-state index < -0.39 is 5.60 Å². The Balaban J connectivity index is 1.92. The van der Waals surface area contributed by atoms with Gasteiger partial charge in [0.05, 0.1) is 26.0 Å². The van der Waals surface area contributed by atoms with E-state index in [1.54, 1.807) is 25.3 Å². The Kier molecular flexibility index (Phi) is 7.73. The van der Waals surface area contributed by atoms with Crippen molar-refractivity contribution >= 4 is 5.96 Å². The van der Waals surface area contributed by atoms with Crippen molar-refractivity contribution in [2.45, 2.75) is 39.8 Å². The fourth-order valence-electron chi connectivity index (χ4n) is 2.39. The quantitative estimate of drug-likeness (QED) is 0.464. The molecule has 1 aromatic carbocycles. The zero-order valence-electron chi connectivity index (χ0n) is 16.7. The summed E-state index contributed by atoms with van der Waals surface area (Å²) in [5.41, 5.74) is -0.0309. The Hall–Kier alpha value is -2.47. The van der Waals surface area contributed by atoms with Gasteiger partial charge in [-0.3, -0.25) is 0 Å². The summed E-state index contributed by atoms with van der Waals surface area (Å²) in [6.07, 6.45) is 1.55. The molecule has 0 amide bonds. The Labute approximate surface area is 161 Å². The van der Waals surface area contributed by atoms with Gasteiger partial charge in [0.25, 0.3) is 0 Å². The fraction of sp³-hybridized carbons (Fsp3) is 0.476. The third-order valence-electron chi connectivity index (χ3n) is 3.92. The van der Waals surface area contributed by atoms with Crippen molar-refractivity contribution in [3.63, 3.8) is 0 Å². The molecule has 0 saturated carbocycles. The van der Waals surface area contributed by atoms with Crippen LogP contribution >= 0.6 is 0 Å². The number of hydrogen-bond donors (Lipinski definition) is 3. The number of furan rings is 1. The average Bonchev–Trinajstić information content (AvgIpc) is 3.19. The minimum absolute atomic E-state index is 0.286. The number of rotatable bonds is 9. The van der Waals surface area contributed by atoms with Crippen molar-refractivity contribution in [2.75, 3.05) is 19.7 Å². The maximum atomic E-state index is 10.5. The van der Waals surface area contributed by atoms with Gasteiger partial charge in [-0.05, 0) is 49.6 Å². The normalized spacial score (nSPS) is 14.1. The highest BCUT2D eigenvalue weighted by Gasteiger charge is 2.26. The first-order chi connectivity index (χ1) is 12.9. The van der Waals surface area contributed by atoms with Crippen molar-refractivity contribution in [2.24, 2.45) is 10.9 Å². The molecule has 27 heavy (non-hydrogen) atoms. The lowest BCUT2D eigenvalue weighted by Crippen LogP contribution is -2.44. The van der Waals surface area contributed by atoms with E-state index in [1.807, 2.05) is 31.2 Å². The summed E-state index contributed by atoms with van der Waals surface area (Å²) in [5, 5.41) is 16.9. The maximum Gasteiger partial charge on any atom is 0.191 e. The minimum Gasteiger partial charge on any atom is -0.493 e. The molecule has 2 rings (SSSR count). The molecule has 0 fully saturated rings. The molecule has 0 saturated heterocycles. The summed E-state index contributed by atoms with van der Waals surface area (Å²) in [7, 11) is 0. The Morgan fingerprint density at radius 3 is 2.56 bits per heavy atom. The molecule has 0 radical (unpaired) electrons. The summed E-state index contributed by atoms with van der Waals surface area (Å²) in [5.74, 6) is 2.53. The summed E-state index contributed by atoms with van der Waals surface area (Å²) >= 11 is 0. The molecule has 0 aliphatic carbocycles. The first-order valence-corrected chi connectivity index (χ1v) is 9.41. The second-order valence-corrected chi connectivity index (χ2v) is 7.15. The van der Waals surface area contributed by atoms with Crippen LogP contribution in [0.3, 0.4) is 0 Å². The lowest BCUT2D eigenvalue weighted by molar-refractivity contribution is 0.0386. The predicted octanol–water partition coefficient (Wildman–Crippen LogP) is 3.28. The number of nitrogens with one attached hydrogen (secondary N) is 2. The van der Waals surface area contributed by atoms with Crippen molar-refractivity contribution in [3.8, 4) is 5.75 Å². The Morgan fingerprint density at radius 2 is 1.96 bits per heavy atom. The Bertz CT molecular complexity index is 692. The van der Waals surface area contributed by atoms with Crippen LogP contribution in [-0.2, 0) is 12.1 Å². The van der Waals surface area contributed by atoms with Crippen molar-refractivity contribution < 1.29 is 14.3 Å². The van der Waals surface area contributed by atoms with Crippen LogP contribution in [0.2, 0.25) is 0 Å². The smallest absolute Gasteiger partial charge is 0.191 e. The summed E-state index contributed by atoms with van der Waals surface area (Å²) < 4.78 is 11.0. The molecule has 0 bridgehead atoms. The summed E-state index contributed by atoms with van der Waals surface area (Å²) in [6, 6.07) is 11.5. The van der Waals surface area contributed by atoms with Crippen LogP contribution in [0.5, 0.6) is 5.75 Å². The van der Waals surface area contributed by atoms with E-state index >= 15 is 0 Å². The molecule has 1 heterocycles. The predicted molar refractivity (Wildman–Crippen MR) is 108 cm³/mol. The molecule has 3 N–H and O–H groups in total. The highest BCUT2D eigenvalue weighted by atomic mass is 16.5. The minimum atomic E-state index is -1.12. The third kappa shape index (κ3) is 6.98. The molecule has 0 spiro atoms. The van der Waals surface area contributed by atoms with Crippen molar-refractivity contribution in [1.82, 2.24) is 10.6 Å². The first-order valence-electron chi connectivity index (χ1n) is 9.41. The van der Waals surface area contributed by atoms with Crippen LogP contribution in [0.1, 0.15) is 39.0 Å². The van der Waals surface area contributed by atoms with Crippen LogP contribution in [0, 0.1) is 5.92 Å². The zero-order chi connectivity index (χ0) is 19.7. The van der Waals surface area contributed by atoms with E-state index in [2.05, 4.69) is 29.5 Å². The van der Waals surface area contributed by atoms with E-state index in [0.29, 0.717) is 30.8 Å². The summed E-state index contributed by atoms with van der Waals surface area (Å²) in [4.78, 5) is 4.58. The SMILES string of the molecule is CCNC(=NCc1ccc(OCC(C)C)cc1)NCC(C)(O)c1ccco1. The molecule has 1 atom stereocenters. The zero-order valence-corrected chi connectivity index (χ0v) is 16.7. The summed E-state index contributed by atoms with van der Waals surface area (Å²) in [6.45, 7) is 10.2. The van der Waals surface area contributed by atoms with Gasteiger partial charge in [0.15, 0.2) is 5.96 Å². The van der Waals surface area contributed by atoms with Gasteiger partial charge in [-0.2, -0.15) is 0 Å². The molecule has 0 aliphatic heterocycles. The third-order valence-corrected chi connectivity index (χ3v) is 3.92. The molecular formula is C21H31N3O3. The lowest BCUT2D eigenvalue weighted by Gasteiger charge is -2.22. The number of guanidine groups is 1. The molecule has 6 heteroatoms. The van der Waals surface area contributed by atoms with E-state index in [0.717, 1.165) is 17.9 Å². The number of aliphatic imine (C=N–C) groups is 1. The van der Waals surface area contributed by atoms with Gasteiger partial charge in [-0.25, -0.2) is 4.99 Å². The van der Waals surface area contributed by atoms with Gasteiger partial charge in [-0.1, -0.05) is 26.0 Å². The molecule has 1 unspecified atom stereocenters. The van der Waals surface area contributed by atoms with Gasteiger partial charge in [0, 0.05) is 6.54 Å². The number of aliphatic hydroxyl groups is 1. The molecule has 1 aromatic heterocycles. The van der Waals surface area contributed by atoms with Gasteiger partial charge in [-0.15, -0.1) is 0 Å². The number of ether oxygens (including phenoxy) is 1. The van der Waals surface area contributed by atoms with Crippen LogP contribution < -0.4 is 15.4 Å². The van der Waals surface area contributed by atoms with Crippen LogP contribution in [0.25, 0.3) is 0 Å². The largest absolute Gasteiger partial charge is 0.493 e. The second-order valence-electron chi connectivity index (χ2n) is 7.15. The van der Waals surface area contributed by atoms with Crippen LogP contribution in [-0.4, -0.2) is 30.8 Å².